The Hall–Kier alpha value is -4.80. The highest BCUT2D eigenvalue weighted by Crippen LogP contribution is 2.07. The highest BCUT2D eigenvalue weighted by molar-refractivity contribution is 5.96. The molecule has 2 aromatic carbocycles. The number of Topliss-reactive ketones (excluding diaryl/α,β-unsaturated/α-hetero) is 2. The van der Waals surface area contributed by atoms with Gasteiger partial charge in [0.1, 0.15) is 11.6 Å². The maximum atomic E-state index is 10.8. The van der Waals surface area contributed by atoms with Crippen LogP contribution in [0.15, 0.2) is 91.0 Å². The Morgan fingerprint density at radius 2 is 1.00 bits per heavy atom. The van der Waals surface area contributed by atoms with Crippen molar-refractivity contribution in [2.24, 2.45) is 35.5 Å². The van der Waals surface area contributed by atoms with Crippen LogP contribution in [0.25, 0.3) is 6.08 Å². The topological polar surface area (TPSA) is 183 Å². The van der Waals surface area contributed by atoms with Crippen molar-refractivity contribution in [3.05, 3.63) is 102 Å². The molecule has 0 radical (unpaired) electrons. The lowest BCUT2D eigenvalue weighted by molar-refractivity contribution is -0.139. The molecule has 0 fully saturated rings. The van der Waals surface area contributed by atoms with E-state index in [1.54, 1.807) is 27.7 Å². The fourth-order valence-electron chi connectivity index (χ4n) is 3.89. The first-order valence-corrected chi connectivity index (χ1v) is 20.9. The van der Waals surface area contributed by atoms with Gasteiger partial charge in [0.15, 0.2) is 11.6 Å². The smallest absolute Gasteiger partial charge is 0.328 e. The second kappa shape index (κ2) is 41.0. The second-order valence-electron chi connectivity index (χ2n) is 15.9. The Balaban J connectivity index is -0.000000315. The van der Waals surface area contributed by atoms with Gasteiger partial charge in [0, 0.05) is 49.2 Å². The molecule has 2 rings (SSSR count). The van der Waals surface area contributed by atoms with Crippen LogP contribution in [0.5, 0.6) is 0 Å². The Morgan fingerprint density at radius 1 is 0.533 bits per heavy atom. The Labute approximate surface area is 361 Å². The SMILES string of the molecule is CC(C)C(=O)/C=C/C(=O)O.CC(C)C(=O)/C=C/CO.CC(C)C(=O)CCC(=O)O.CC(C)C(=O)CCCO.CC(C)C/C=C/c1ccccc1.CC(C)Cc1ccccc1. The van der Waals surface area contributed by atoms with Crippen LogP contribution < -0.4 is 0 Å². The number of carbonyl (C=O) groups is 6. The first-order chi connectivity index (χ1) is 28.0. The fraction of sp³-hybridized carbons (Fsp3) is 0.520. The van der Waals surface area contributed by atoms with Gasteiger partial charge in [-0.05, 0) is 54.4 Å². The molecule has 0 aliphatic carbocycles. The minimum atomic E-state index is -1.09. The number of ketones is 4. The molecule has 0 aromatic heterocycles. The van der Waals surface area contributed by atoms with Crippen LogP contribution in [0, 0.1) is 35.5 Å². The number of carboxylic acids is 2. The molecule has 0 atom stereocenters. The second-order valence-corrected chi connectivity index (χ2v) is 15.9. The average molecular weight is 839 g/mol. The van der Waals surface area contributed by atoms with Gasteiger partial charge in [-0.3, -0.25) is 24.0 Å². The molecule has 4 N–H and O–H groups in total. The molecule has 338 valence electrons. The lowest BCUT2D eigenvalue weighted by Crippen LogP contribution is -2.08. The number of carbonyl (C=O) groups excluding carboxylic acids is 4. The summed E-state index contributed by atoms with van der Waals surface area (Å²) < 4.78 is 0. The summed E-state index contributed by atoms with van der Waals surface area (Å²) in [5.74, 6) is -0.340. The molecule has 2 aromatic rings. The van der Waals surface area contributed by atoms with E-state index in [4.69, 9.17) is 20.4 Å². The Kier molecular flexibility index (Phi) is 42.2. The zero-order chi connectivity index (χ0) is 47.1. The minimum Gasteiger partial charge on any atom is -0.481 e. The Morgan fingerprint density at radius 3 is 1.38 bits per heavy atom. The van der Waals surface area contributed by atoms with Crippen molar-refractivity contribution < 1.29 is 49.2 Å². The van der Waals surface area contributed by atoms with Gasteiger partial charge >= 0.3 is 11.9 Å². The van der Waals surface area contributed by atoms with E-state index in [9.17, 15) is 28.8 Å². The predicted octanol–water partition coefficient (Wildman–Crippen LogP) is 10.3. The maximum absolute atomic E-state index is 10.8. The highest BCUT2D eigenvalue weighted by atomic mass is 16.4. The van der Waals surface area contributed by atoms with Crippen LogP contribution in [-0.4, -0.2) is 68.7 Å². The fourth-order valence-corrected chi connectivity index (χ4v) is 3.89. The molecule has 0 amide bonds. The number of benzene rings is 2. The zero-order valence-corrected chi connectivity index (χ0v) is 38.6. The van der Waals surface area contributed by atoms with Crippen LogP contribution in [0.4, 0.5) is 0 Å². The number of aliphatic hydroxyl groups excluding tert-OH is 2. The van der Waals surface area contributed by atoms with Crippen molar-refractivity contribution in [2.45, 2.75) is 122 Å². The van der Waals surface area contributed by atoms with Crippen LogP contribution in [-0.2, 0) is 35.2 Å². The summed E-state index contributed by atoms with van der Waals surface area (Å²) in [7, 11) is 0. The molecule has 0 bridgehead atoms. The molecule has 0 saturated carbocycles. The summed E-state index contributed by atoms with van der Waals surface area (Å²) in [6, 6.07) is 21.0. The van der Waals surface area contributed by atoms with E-state index in [1.807, 2.05) is 33.8 Å². The van der Waals surface area contributed by atoms with Crippen molar-refractivity contribution in [1.29, 1.82) is 0 Å². The number of hydrogen-bond acceptors (Lipinski definition) is 8. The third-order valence-corrected chi connectivity index (χ3v) is 7.57. The number of rotatable bonds is 19. The summed E-state index contributed by atoms with van der Waals surface area (Å²) in [5.41, 5.74) is 2.73. The van der Waals surface area contributed by atoms with Crippen molar-refractivity contribution >= 4 is 41.1 Å². The van der Waals surface area contributed by atoms with E-state index < -0.39 is 11.9 Å². The average Bonchev–Trinajstić information content (AvgIpc) is 3.18. The molecule has 0 unspecified atom stereocenters. The molecular formula is C50H78O10. The number of hydrogen-bond donors (Lipinski definition) is 4. The molecule has 10 nitrogen and oxygen atoms in total. The van der Waals surface area contributed by atoms with Gasteiger partial charge in [-0.2, -0.15) is 0 Å². The standard InChI is InChI=1S/C12H16.C10H14.C7H12O3.C7H10O3.C7H14O2.C7H12O2/c1-11(2)7-6-10-12-8-4-3-5-9-12;1-9(2)8-10-6-4-3-5-7-10;2*1-5(2)6(8)3-4-7(9)10;2*1-6(2)7(9)4-3-5-8/h3-6,8-11H,7H2,1-2H3;3-7,9H,8H2,1-2H3;5H,3-4H2,1-2H3,(H,9,10);3-5H,1-2H3,(H,9,10);6,8H,3-5H2,1-2H3;3-4,6,8H,5H2,1-2H3/b10-6+;;;4-3+;;4-3+. The molecule has 0 heterocycles. The summed E-state index contributed by atoms with van der Waals surface area (Å²) in [6.45, 7) is 23.4. The van der Waals surface area contributed by atoms with E-state index in [1.165, 1.54) is 29.7 Å². The lowest BCUT2D eigenvalue weighted by atomic mass is 10.0. The normalized spacial score (nSPS) is 10.6. The van der Waals surface area contributed by atoms with Crippen molar-refractivity contribution in [2.75, 3.05) is 13.2 Å². The van der Waals surface area contributed by atoms with Gasteiger partial charge in [-0.1, -0.05) is 162 Å². The van der Waals surface area contributed by atoms with Gasteiger partial charge in [0.05, 0.1) is 13.0 Å². The summed E-state index contributed by atoms with van der Waals surface area (Å²) in [5, 5.41) is 32.9. The van der Waals surface area contributed by atoms with Gasteiger partial charge < -0.3 is 20.4 Å². The van der Waals surface area contributed by atoms with Crippen LogP contribution >= 0.6 is 0 Å². The van der Waals surface area contributed by atoms with Gasteiger partial charge in [0.2, 0.25) is 0 Å². The number of aliphatic carboxylic acids is 2. The molecular weight excluding hydrogens is 761 g/mol. The monoisotopic (exact) mass is 839 g/mol. The largest absolute Gasteiger partial charge is 0.481 e. The van der Waals surface area contributed by atoms with Crippen LogP contribution in [0.3, 0.4) is 0 Å². The van der Waals surface area contributed by atoms with Gasteiger partial charge in [-0.15, -0.1) is 0 Å². The van der Waals surface area contributed by atoms with E-state index in [-0.39, 0.29) is 72.9 Å². The molecule has 0 spiro atoms. The van der Waals surface area contributed by atoms with Crippen molar-refractivity contribution in [1.82, 2.24) is 0 Å². The predicted molar refractivity (Wildman–Crippen MR) is 245 cm³/mol. The van der Waals surface area contributed by atoms with E-state index in [0.29, 0.717) is 12.8 Å². The molecule has 60 heavy (non-hydrogen) atoms. The number of allylic oxidation sites excluding steroid dienone is 3. The van der Waals surface area contributed by atoms with Crippen LogP contribution in [0.2, 0.25) is 0 Å². The quantitative estimate of drug-likeness (QED) is 0.0993. The first kappa shape index (κ1) is 61.9. The zero-order valence-electron chi connectivity index (χ0n) is 38.6. The third-order valence-electron chi connectivity index (χ3n) is 7.57. The Bertz CT molecular complexity index is 1500. The molecule has 0 saturated heterocycles. The van der Waals surface area contributed by atoms with Gasteiger partial charge in [-0.25, -0.2) is 4.79 Å². The van der Waals surface area contributed by atoms with E-state index in [2.05, 4.69) is 94.4 Å². The molecule has 0 aliphatic heterocycles. The number of aliphatic hydroxyl groups is 2. The van der Waals surface area contributed by atoms with E-state index in [0.717, 1.165) is 30.4 Å². The summed E-state index contributed by atoms with van der Waals surface area (Å²) in [4.78, 5) is 62.8. The van der Waals surface area contributed by atoms with Crippen molar-refractivity contribution in [3.8, 4) is 0 Å². The summed E-state index contributed by atoms with van der Waals surface area (Å²) >= 11 is 0. The molecule has 0 aliphatic rings. The minimum absolute atomic E-state index is 0.0161. The lowest BCUT2D eigenvalue weighted by Gasteiger charge is -2.02. The van der Waals surface area contributed by atoms with Crippen molar-refractivity contribution in [3.63, 3.8) is 0 Å². The maximum Gasteiger partial charge on any atom is 0.328 e. The van der Waals surface area contributed by atoms with E-state index >= 15 is 0 Å². The summed E-state index contributed by atoms with van der Waals surface area (Å²) in [6.07, 6.45) is 12.8. The van der Waals surface area contributed by atoms with Crippen LogP contribution in [0.1, 0.15) is 126 Å². The third kappa shape index (κ3) is 47.6. The molecule has 10 heteroatoms. The highest BCUT2D eigenvalue weighted by Gasteiger charge is 2.08. The van der Waals surface area contributed by atoms with Gasteiger partial charge in [0.25, 0.3) is 0 Å². The first-order valence-electron chi connectivity index (χ1n) is 20.9. The number of carboxylic acid groups (broad SMARTS) is 2.